The van der Waals surface area contributed by atoms with Crippen LogP contribution in [0.3, 0.4) is 0 Å². The maximum Gasteiger partial charge on any atom is 0.236 e. The topological polar surface area (TPSA) is 87.3 Å². The molecule has 1 atom stereocenters. The van der Waals surface area contributed by atoms with Crippen molar-refractivity contribution in [1.82, 2.24) is 15.4 Å². The second kappa shape index (κ2) is 7.56. The van der Waals surface area contributed by atoms with Gasteiger partial charge >= 0.3 is 0 Å². The highest BCUT2D eigenvalue weighted by Crippen LogP contribution is 2.23. The van der Waals surface area contributed by atoms with Gasteiger partial charge in [-0.3, -0.25) is 4.79 Å². The molecule has 122 valence electrons. The Balaban J connectivity index is 1.75. The Bertz CT molecular complexity index is 438. The highest BCUT2D eigenvalue weighted by Gasteiger charge is 2.25. The summed E-state index contributed by atoms with van der Waals surface area (Å²) < 4.78 is 26.8. The van der Waals surface area contributed by atoms with E-state index >= 15 is 0 Å². The Morgan fingerprint density at radius 3 is 2.48 bits per heavy atom. The summed E-state index contributed by atoms with van der Waals surface area (Å²) in [5, 5.41) is 5.99. The molecule has 2 fully saturated rings. The van der Waals surface area contributed by atoms with Gasteiger partial charge in [-0.25, -0.2) is 13.1 Å². The number of hydrogen-bond acceptors (Lipinski definition) is 4. The van der Waals surface area contributed by atoms with Crippen molar-refractivity contribution in [2.75, 3.05) is 18.8 Å². The van der Waals surface area contributed by atoms with Crippen molar-refractivity contribution < 1.29 is 13.2 Å². The molecule has 0 aromatic rings. The number of sulfonamides is 1. The largest absolute Gasteiger partial charge is 0.351 e. The smallest absolute Gasteiger partial charge is 0.236 e. The van der Waals surface area contributed by atoms with Gasteiger partial charge in [0.05, 0.1) is 0 Å². The van der Waals surface area contributed by atoms with Crippen LogP contribution in [-0.4, -0.2) is 45.3 Å². The van der Waals surface area contributed by atoms with Crippen LogP contribution < -0.4 is 15.4 Å². The molecule has 0 unspecified atom stereocenters. The van der Waals surface area contributed by atoms with Gasteiger partial charge in [0.2, 0.25) is 15.9 Å². The highest BCUT2D eigenvalue weighted by molar-refractivity contribution is 7.90. The van der Waals surface area contributed by atoms with Crippen LogP contribution in [0.5, 0.6) is 0 Å². The molecule has 0 spiro atoms. The van der Waals surface area contributed by atoms with Gasteiger partial charge in [-0.2, -0.15) is 0 Å². The standard InChI is InChI=1S/C14H27N3O3S/c1-11-4-6-12(7-5-11)17-21(19,20)10-14(18)16-13-3-2-8-15-9-13/h11-13,15,17H,2-10H2,1H3,(H,16,18)/t11?,12?,13-/m0/s1. The lowest BCUT2D eigenvalue weighted by Gasteiger charge is -2.27. The van der Waals surface area contributed by atoms with Crippen molar-refractivity contribution in [3.8, 4) is 0 Å². The fraction of sp³-hybridized carbons (Fsp3) is 0.929. The molecule has 0 aromatic carbocycles. The molecule has 0 radical (unpaired) electrons. The summed E-state index contributed by atoms with van der Waals surface area (Å²) in [6, 6.07) is 0.0485. The number of piperidine rings is 1. The van der Waals surface area contributed by atoms with E-state index in [0.29, 0.717) is 5.92 Å². The van der Waals surface area contributed by atoms with Crippen LogP contribution in [0.15, 0.2) is 0 Å². The Labute approximate surface area is 127 Å². The monoisotopic (exact) mass is 317 g/mol. The van der Waals surface area contributed by atoms with Crippen molar-refractivity contribution in [2.45, 2.75) is 57.5 Å². The maximum absolute atomic E-state index is 12.0. The molecule has 0 bridgehead atoms. The summed E-state index contributed by atoms with van der Waals surface area (Å²) >= 11 is 0. The summed E-state index contributed by atoms with van der Waals surface area (Å²) in [5.41, 5.74) is 0. The van der Waals surface area contributed by atoms with Crippen molar-refractivity contribution in [2.24, 2.45) is 5.92 Å². The number of rotatable bonds is 5. The lowest BCUT2D eigenvalue weighted by atomic mass is 9.88. The molecule has 1 saturated carbocycles. The number of carbonyl (C=O) groups excluding carboxylic acids is 1. The van der Waals surface area contributed by atoms with E-state index in [2.05, 4.69) is 22.3 Å². The maximum atomic E-state index is 12.0. The van der Waals surface area contributed by atoms with Crippen LogP contribution in [-0.2, 0) is 14.8 Å². The molecular weight excluding hydrogens is 290 g/mol. The molecule has 3 N–H and O–H groups in total. The van der Waals surface area contributed by atoms with Gasteiger partial charge in [0.1, 0.15) is 5.75 Å². The zero-order chi connectivity index (χ0) is 15.3. The predicted molar refractivity (Wildman–Crippen MR) is 82.4 cm³/mol. The molecular formula is C14H27N3O3S. The lowest BCUT2D eigenvalue weighted by molar-refractivity contribution is -0.119. The first kappa shape index (κ1) is 16.7. The average molecular weight is 317 g/mol. The zero-order valence-corrected chi connectivity index (χ0v) is 13.5. The van der Waals surface area contributed by atoms with Crippen molar-refractivity contribution >= 4 is 15.9 Å². The zero-order valence-electron chi connectivity index (χ0n) is 12.7. The van der Waals surface area contributed by atoms with Crippen LogP contribution in [0.1, 0.15) is 45.4 Å². The van der Waals surface area contributed by atoms with Crippen molar-refractivity contribution in [1.29, 1.82) is 0 Å². The van der Waals surface area contributed by atoms with E-state index < -0.39 is 21.7 Å². The molecule has 1 aliphatic heterocycles. The van der Waals surface area contributed by atoms with Crippen molar-refractivity contribution in [3.63, 3.8) is 0 Å². The van der Waals surface area contributed by atoms with Crippen LogP contribution in [0.4, 0.5) is 0 Å². The van der Waals surface area contributed by atoms with E-state index in [1.54, 1.807) is 0 Å². The van der Waals surface area contributed by atoms with Crippen LogP contribution in [0.25, 0.3) is 0 Å². The third-order valence-corrected chi connectivity index (χ3v) is 5.68. The summed E-state index contributed by atoms with van der Waals surface area (Å²) in [6.45, 7) is 3.88. The molecule has 0 aromatic heterocycles. The quantitative estimate of drug-likeness (QED) is 0.683. The third-order valence-electron chi connectivity index (χ3n) is 4.35. The normalized spacial score (nSPS) is 30.8. The average Bonchev–Trinajstić information content (AvgIpc) is 2.41. The van der Waals surface area contributed by atoms with Gasteiger partial charge in [-0.05, 0) is 51.0 Å². The molecule has 6 nitrogen and oxygen atoms in total. The lowest BCUT2D eigenvalue weighted by Crippen LogP contribution is -2.49. The van der Waals surface area contributed by atoms with Crippen LogP contribution in [0, 0.1) is 5.92 Å². The van der Waals surface area contributed by atoms with Crippen LogP contribution >= 0.6 is 0 Å². The SMILES string of the molecule is CC1CCC(NS(=O)(=O)CC(=O)N[C@H]2CCCNC2)CC1. The van der Waals surface area contributed by atoms with Gasteiger partial charge in [0.15, 0.2) is 0 Å². The van der Waals surface area contributed by atoms with E-state index in [-0.39, 0.29) is 12.1 Å². The number of carbonyl (C=O) groups is 1. The second-order valence-electron chi connectivity index (χ2n) is 6.44. The Morgan fingerprint density at radius 2 is 1.86 bits per heavy atom. The number of amides is 1. The molecule has 7 heteroatoms. The Morgan fingerprint density at radius 1 is 1.14 bits per heavy atom. The minimum Gasteiger partial charge on any atom is -0.351 e. The summed E-state index contributed by atoms with van der Waals surface area (Å²) in [7, 11) is -3.53. The molecule has 1 amide bonds. The molecule has 1 saturated heterocycles. The third kappa shape index (κ3) is 5.92. The minimum absolute atomic E-state index is 0.00431. The number of nitrogens with one attached hydrogen (secondary N) is 3. The second-order valence-corrected chi connectivity index (χ2v) is 8.20. The Kier molecular flexibility index (Phi) is 6.01. The van der Waals surface area contributed by atoms with Gasteiger partial charge in [-0.1, -0.05) is 6.92 Å². The van der Waals surface area contributed by atoms with Crippen LogP contribution in [0.2, 0.25) is 0 Å². The molecule has 1 aliphatic carbocycles. The van der Waals surface area contributed by atoms with Gasteiger partial charge in [-0.15, -0.1) is 0 Å². The predicted octanol–water partition coefficient (Wildman–Crippen LogP) is 0.353. The highest BCUT2D eigenvalue weighted by atomic mass is 32.2. The van der Waals surface area contributed by atoms with E-state index in [0.717, 1.165) is 51.6 Å². The first-order chi connectivity index (χ1) is 9.94. The summed E-state index contributed by atoms with van der Waals surface area (Å²) in [6.07, 6.45) is 5.76. The minimum atomic E-state index is -3.53. The fourth-order valence-corrected chi connectivity index (χ4v) is 4.35. The molecule has 2 rings (SSSR count). The molecule has 2 aliphatic rings. The molecule has 21 heavy (non-hydrogen) atoms. The molecule has 1 heterocycles. The summed E-state index contributed by atoms with van der Waals surface area (Å²) in [5.74, 6) is -0.191. The van der Waals surface area contributed by atoms with Gasteiger partial charge in [0, 0.05) is 18.6 Å². The fourth-order valence-electron chi connectivity index (χ4n) is 3.09. The summed E-state index contributed by atoms with van der Waals surface area (Å²) in [4.78, 5) is 11.9. The number of hydrogen-bond donors (Lipinski definition) is 3. The van der Waals surface area contributed by atoms with Gasteiger partial charge < -0.3 is 10.6 Å². The first-order valence-corrected chi connectivity index (χ1v) is 9.60. The van der Waals surface area contributed by atoms with E-state index in [4.69, 9.17) is 0 Å². The first-order valence-electron chi connectivity index (χ1n) is 7.95. The van der Waals surface area contributed by atoms with Gasteiger partial charge in [0.25, 0.3) is 0 Å². The van der Waals surface area contributed by atoms with E-state index in [1.807, 2.05) is 0 Å². The van der Waals surface area contributed by atoms with E-state index in [1.165, 1.54) is 0 Å². The van der Waals surface area contributed by atoms with Crippen molar-refractivity contribution in [3.05, 3.63) is 0 Å². The van der Waals surface area contributed by atoms with E-state index in [9.17, 15) is 13.2 Å². The Hall–Kier alpha value is -0.660.